The Hall–Kier alpha value is -1.57. The maximum absolute atomic E-state index is 11.7. The van der Waals surface area contributed by atoms with Crippen molar-refractivity contribution in [2.45, 2.75) is 13.3 Å². The van der Waals surface area contributed by atoms with Crippen LogP contribution in [0.2, 0.25) is 0 Å². The van der Waals surface area contributed by atoms with E-state index < -0.39 is 9.84 Å². The number of urea groups is 1. The average Bonchev–Trinajstić information content (AvgIpc) is 2.89. The molecule has 0 saturated heterocycles. The average molecular weight is 288 g/mol. The predicted molar refractivity (Wildman–Crippen MR) is 72.6 cm³/mol. The number of nitrogens with zero attached hydrogens (tertiary/aromatic N) is 2. The molecule has 0 bridgehead atoms. The fourth-order valence-corrected chi connectivity index (χ4v) is 2.22. The standard InChI is InChI=1S/C11H20N4O3S/c1-3-19(17,18)7-6-15(2)11(16)13-5-4-10-8-12-9-14-10/h8-9H,3-7H2,1-2H3,(H,12,14)(H,13,16). The second-order valence-corrected chi connectivity index (χ2v) is 6.69. The first-order chi connectivity index (χ1) is 8.94. The fourth-order valence-electron chi connectivity index (χ4n) is 1.38. The number of nitrogens with one attached hydrogen (secondary N) is 2. The molecule has 1 rings (SSSR count). The fraction of sp³-hybridized carbons (Fsp3) is 0.636. The molecular weight excluding hydrogens is 268 g/mol. The third kappa shape index (κ3) is 5.73. The van der Waals surface area contributed by atoms with Crippen LogP contribution in [0.25, 0.3) is 0 Å². The third-order valence-electron chi connectivity index (χ3n) is 2.75. The van der Waals surface area contributed by atoms with Crippen LogP contribution in [0.5, 0.6) is 0 Å². The van der Waals surface area contributed by atoms with Gasteiger partial charge in [-0.3, -0.25) is 0 Å². The highest BCUT2D eigenvalue weighted by molar-refractivity contribution is 7.91. The van der Waals surface area contributed by atoms with E-state index in [4.69, 9.17) is 0 Å². The van der Waals surface area contributed by atoms with Gasteiger partial charge in [0.1, 0.15) is 0 Å². The number of sulfone groups is 1. The van der Waals surface area contributed by atoms with Crippen molar-refractivity contribution in [3.8, 4) is 0 Å². The summed E-state index contributed by atoms with van der Waals surface area (Å²) in [7, 11) is -1.46. The summed E-state index contributed by atoms with van der Waals surface area (Å²) in [5.74, 6) is 0.0935. The van der Waals surface area contributed by atoms with Gasteiger partial charge in [0.05, 0.1) is 12.1 Å². The Balaban J connectivity index is 2.25. The number of hydrogen-bond acceptors (Lipinski definition) is 4. The molecule has 0 aliphatic carbocycles. The van der Waals surface area contributed by atoms with Crippen molar-refractivity contribution >= 4 is 15.9 Å². The molecule has 0 radical (unpaired) electrons. The Kier molecular flexibility index (Phi) is 5.81. The van der Waals surface area contributed by atoms with Crippen LogP contribution in [0.1, 0.15) is 12.6 Å². The number of aromatic amines is 1. The number of rotatable bonds is 7. The van der Waals surface area contributed by atoms with E-state index in [0.717, 1.165) is 5.69 Å². The zero-order valence-electron chi connectivity index (χ0n) is 11.2. The second-order valence-electron chi connectivity index (χ2n) is 4.22. The van der Waals surface area contributed by atoms with E-state index in [2.05, 4.69) is 15.3 Å². The van der Waals surface area contributed by atoms with Gasteiger partial charge >= 0.3 is 6.03 Å². The summed E-state index contributed by atoms with van der Waals surface area (Å²) in [6.07, 6.45) is 3.94. The smallest absolute Gasteiger partial charge is 0.317 e. The molecule has 1 aromatic rings. The minimum absolute atomic E-state index is 0.00598. The Morgan fingerprint density at radius 3 is 2.84 bits per heavy atom. The summed E-state index contributed by atoms with van der Waals surface area (Å²) >= 11 is 0. The zero-order valence-corrected chi connectivity index (χ0v) is 12.0. The minimum Gasteiger partial charge on any atom is -0.348 e. The number of aromatic nitrogens is 2. The molecule has 0 saturated carbocycles. The van der Waals surface area contributed by atoms with Gasteiger partial charge in [0, 0.05) is 44.2 Å². The van der Waals surface area contributed by atoms with Crippen molar-refractivity contribution < 1.29 is 13.2 Å². The van der Waals surface area contributed by atoms with Crippen LogP contribution >= 0.6 is 0 Å². The summed E-state index contributed by atoms with van der Waals surface area (Å²) in [4.78, 5) is 19.9. The van der Waals surface area contributed by atoms with Crippen molar-refractivity contribution in [1.82, 2.24) is 20.2 Å². The summed E-state index contributed by atoms with van der Waals surface area (Å²) in [5.41, 5.74) is 0.941. The summed E-state index contributed by atoms with van der Waals surface area (Å²) in [5, 5.41) is 2.72. The van der Waals surface area contributed by atoms with Crippen LogP contribution in [-0.2, 0) is 16.3 Å². The highest BCUT2D eigenvalue weighted by Gasteiger charge is 2.12. The van der Waals surface area contributed by atoms with Crippen molar-refractivity contribution in [3.63, 3.8) is 0 Å². The first-order valence-electron chi connectivity index (χ1n) is 6.11. The van der Waals surface area contributed by atoms with Crippen molar-refractivity contribution in [1.29, 1.82) is 0 Å². The van der Waals surface area contributed by atoms with E-state index in [1.54, 1.807) is 26.5 Å². The van der Waals surface area contributed by atoms with Crippen LogP contribution < -0.4 is 5.32 Å². The number of amides is 2. The SMILES string of the molecule is CCS(=O)(=O)CCN(C)C(=O)NCCc1cnc[nH]1. The van der Waals surface area contributed by atoms with Crippen molar-refractivity contribution in [3.05, 3.63) is 18.2 Å². The van der Waals surface area contributed by atoms with Crippen LogP contribution in [0.15, 0.2) is 12.5 Å². The van der Waals surface area contributed by atoms with Gasteiger partial charge in [0.2, 0.25) is 0 Å². The summed E-state index contributed by atoms with van der Waals surface area (Å²) in [6.45, 7) is 2.28. The zero-order chi connectivity index (χ0) is 14.3. The van der Waals surface area contributed by atoms with Gasteiger partial charge in [-0.15, -0.1) is 0 Å². The Labute approximate surface area is 113 Å². The molecule has 19 heavy (non-hydrogen) atoms. The summed E-state index contributed by atoms with van der Waals surface area (Å²) in [6, 6.07) is -0.272. The normalized spacial score (nSPS) is 11.3. The first-order valence-corrected chi connectivity index (χ1v) is 7.93. The van der Waals surface area contributed by atoms with Gasteiger partial charge in [-0.25, -0.2) is 18.2 Å². The molecule has 8 heteroatoms. The third-order valence-corrected chi connectivity index (χ3v) is 4.43. The number of H-pyrrole nitrogens is 1. The number of hydrogen-bond donors (Lipinski definition) is 2. The van der Waals surface area contributed by atoms with E-state index in [9.17, 15) is 13.2 Å². The molecule has 0 spiro atoms. The molecule has 0 unspecified atom stereocenters. The quantitative estimate of drug-likeness (QED) is 0.740. The molecule has 2 amide bonds. The van der Waals surface area contributed by atoms with Gasteiger partial charge in [-0.1, -0.05) is 6.92 Å². The number of imidazole rings is 1. The molecule has 2 N–H and O–H groups in total. The molecule has 0 fully saturated rings. The molecule has 0 aliphatic rings. The van der Waals surface area contributed by atoms with Gasteiger partial charge in [0.25, 0.3) is 0 Å². The Bertz CT molecular complexity index is 484. The lowest BCUT2D eigenvalue weighted by Gasteiger charge is -2.17. The van der Waals surface area contributed by atoms with Crippen molar-refractivity contribution in [2.75, 3.05) is 31.6 Å². The lowest BCUT2D eigenvalue weighted by atomic mass is 10.3. The van der Waals surface area contributed by atoms with E-state index in [1.165, 1.54) is 4.90 Å². The predicted octanol–water partition coefficient (Wildman–Crippen LogP) is 0.0283. The van der Waals surface area contributed by atoms with E-state index >= 15 is 0 Å². The van der Waals surface area contributed by atoms with Gasteiger partial charge < -0.3 is 15.2 Å². The molecule has 108 valence electrons. The van der Waals surface area contributed by atoms with Gasteiger partial charge in [0.15, 0.2) is 9.84 Å². The molecule has 1 heterocycles. The van der Waals surface area contributed by atoms with Crippen LogP contribution in [-0.4, -0.2) is 61.0 Å². The molecule has 0 aromatic carbocycles. The lowest BCUT2D eigenvalue weighted by molar-refractivity contribution is 0.211. The topological polar surface area (TPSA) is 95.2 Å². The Morgan fingerprint density at radius 2 is 2.26 bits per heavy atom. The molecule has 0 atom stereocenters. The molecule has 0 aliphatic heterocycles. The van der Waals surface area contributed by atoms with Gasteiger partial charge in [-0.2, -0.15) is 0 Å². The Morgan fingerprint density at radius 1 is 1.53 bits per heavy atom. The monoisotopic (exact) mass is 288 g/mol. The van der Waals surface area contributed by atoms with E-state index in [1.807, 2.05) is 0 Å². The number of carbonyl (C=O) groups excluding carboxylic acids is 1. The number of carbonyl (C=O) groups is 1. The van der Waals surface area contributed by atoms with E-state index in [0.29, 0.717) is 13.0 Å². The highest BCUT2D eigenvalue weighted by Crippen LogP contribution is 1.94. The molecular formula is C11H20N4O3S. The van der Waals surface area contributed by atoms with Crippen LogP contribution in [0, 0.1) is 0 Å². The lowest BCUT2D eigenvalue weighted by Crippen LogP contribution is -2.40. The van der Waals surface area contributed by atoms with E-state index in [-0.39, 0.29) is 24.1 Å². The maximum Gasteiger partial charge on any atom is 0.317 e. The molecule has 7 nitrogen and oxygen atoms in total. The minimum atomic E-state index is -3.04. The maximum atomic E-state index is 11.7. The van der Waals surface area contributed by atoms with Gasteiger partial charge in [-0.05, 0) is 0 Å². The second kappa shape index (κ2) is 7.13. The summed E-state index contributed by atoms with van der Waals surface area (Å²) < 4.78 is 22.7. The highest BCUT2D eigenvalue weighted by atomic mass is 32.2. The van der Waals surface area contributed by atoms with Crippen LogP contribution in [0.4, 0.5) is 4.79 Å². The first kappa shape index (κ1) is 15.5. The van der Waals surface area contributed by atoms with Crippen LogP contribution in [0.3, 0.4) is 0 Å². The van der Waals surface area contributed by atoms with Crippen molar-refractivity contribution in [2.24, 2.45) is 0 Å². The molecule has 1 aromatic heterocycles. The largest absolute Gasteiger partial charge is 0.348 e.